The van der Waals surface area contributed by atoms with E-state index in [4.69, 9.17) is 4.74 Å². The zero-order chi connectivity index (χ0) is 26.2. The molecule has 37 heavy (non-hydrogen) atoms. The first-order valence-electron chi connectivity index (χ1n) is 12.8. The molecule has 0 amide bonds. The van der Waals surface area contributed by atoms with Crippen LogP contribution >= 0.6 is 11.8 Å². The Balaban J connectivity index is 1.31. The number of likely N-dealkylation sites (tertiary alicyclic amines) is 1. The molecule has 2 heterocycles. The van der Waals surface area contributed by atoms with Crippen molar-refractivity contribution in [1.82, 2.24) is 9.88 Å². The number of halogens is 2. The van der Waals surface area contributed by atoms with Gasteiger partial charge in [0.2, 0.25) is 0 Å². The number of benzene rings is 2. The summed E-state index contributed by atoms with van der Waals surface area (Å²) in [5, 5.41) is 10.3. The first-order valence-corrected chi connectivity index (χ1v) is 13.8. The lowest BCUT2D eigenvalue weighted by atomic mass is 9.79. The molecular formula is C29H34F2N2O3S. The fourth-order valence-electron chi connectivity index (χ4n) is 5.29. The Morgan fingerprint density at radius 1 is 1.24 bits per heavy atom. The summed E-state index contributed by atoms with van der Waals surface area (Å²) < 4.78 is 34.6. The summed E-state index contributed by atoms with van der Waals surface area (Å²) in [7, 11) is 1.58. The number of hydrogen-bond donors (Lipinski definition) is 1. The number of fused-ring (bicyclic) bond motifs is 1. The number of thioether (sulfide) groups is 1. The van der Waals surface area contributed by atoms with Crippen LogP contribution in [0.1, 0.15) is 43.8 Å². The highest BCUT2D eigenvalue weighted by atomic mass is 32.2. The summed E-state index contributed by atoms with van der Waals surface area (Å²) in [6.45, 7) is 2.42. The van der Waals surface area contributed by atoms with Gasteiger partial charge in [-0.1, -0.05) is 12.1 Å². The number of carboxylic acid groups (broad SMARTS) is 1. The molecule has 198 valence electrons. The first-order chi connectivity index (χ1) is 17.9. The van der Waals surface area contributed by atoms with E-state index >= 15 is 4.39 Å². The van der Waals surface area contributed by atoms with Crippen molar-refractivity contribution < 1.29 is 23.4 Å². The van der Waals surface area contributed by atoms with Crippen molar-refractivity contribution in [3.05, 3.63) is 66.1 Å². The maximum atomic E-state index is 15.5. The molecule has 8 heteroatoms. The topological polar surface area (TPSA) is 62.7 Å². The summed E-state index contributed by atoms with van der Waals surface area (Å²) in [6, 6.07) is 14.0. The van der Waals surface area contributed by atoms with Crippen LogP contribution in [0.2, 0.25) is 0 Å². The number of aliphatic carboxylic acids is 1. The third kappa shape index (κ3) is 7.42. The second-order valence-corrected chi connectivity index (χ2v) is 10.8. The number of alkyl halides is 1. The molecule has 0 bridgehead atoms. The molecule has 1 saturated heterocycles. The van der Waals surface area contributed by atoms with Gasteiger partial charge in [0.15, 0.2) is 0 Å². The maximum Gasteiger partial charge on any atom is 0.303 e. The van der Waals surface area contributed by atoms with E-state index in [2.05, 4.69) is 9.88 Å². The Bertz CT molecular complexity index is 1190. The molecule has 1 fully saturated rings. The molecular weight excluding hydrogens is 494 g/mol. The molecule has 4 rings (SSSR count). The van der Waals surface area contributed by atoms with Gasteiger partial charge in [0, 0.05) is 29.4 Å². The highest BCUT2D eigenvalue weighted by molar-refractivity contribution is 7.99. The zero-order valence-corrected chi connectivity index (χ0v) is 21.9. The van der Waals surface area contributed by atoms with Gasteiger partial charge in [-0.15, -0.1) is 11.8 Å². The van der Waals surface area contributed by atoms with Crippen LogP contribution in [0, 0.1) is 17.7 Å². The normalized spacial score (nSPS) is 19.1. The second-order valence-electron chi connectivity index (χ2n) is 9.67. The first kappa shape index (κ1) is 27.3. The lowest BCUT2D eigenvalue weighted by Gasteiger charge is -2.38. The fraction of sp³-hybridized carbons (Fsp3) is 0.448. The van der Waals surface area contributed by atoms with Crippen LogP contribution in [0.5, 0.6) is 5.75 Å². The Hall–Kier alpha value is -2.71. The highest BCUT2D eigenvalue weighted by Crippen LogP contribution is 2.36. The summed E-state index contributed by atoms with van der Waals surface area (Å²) in [6.07, 6.45) is 3.31. The van der Waals surface area contributed by atoms with Gasteiger partial charge in [-0.25, -0.2) is 8.78 Å². The van der Waals surface area contributed by atoms with Crippen molar-refractivity contribution in [2.24, 2.45) is 11.8 Å². The third-order valence-electron chi connectivity index (χ3n) is 7.24. The Morgan fingerprint density at radius 2 is 2.08 bits per heavy atom. The molecule has 5 nitrogen and oxygen atoms in total. The van der Waals surface area contributed by atoms with Crippen molar-refractivity contribution in [2.75, 3.05) is 32.5 Å². The lowest BCUT2D eigenvalue weighted by Crippen LogP contribution is -2.42. The number of aromatic nitrogens is 1. The molecule has 1 aliphatic rings. The van der Waals surface area contributed by atoms with Crippen LogP contribution in [0.3, 0.4) is 0 Å². The standard InChI is InChI=1S/C29H34F2N2O3S/c1-36-22-8-10-27-24(18-22)23(11-13-32-27)25(30)9-7-20-12-15-33(19-21(20)17-29(34)35)14-4-16-37-28-6-3-2-5-26(28)31/h2-3,5-6,8,10-11,13,18,20-21,25H,4,7,9,12,14-17,19H2,1H3,(H,34,35)/t20-,21+,25?/m1/s1. The number of ether oxygens (including phenoxy) is 1. The van der Waals surface area contributed by atoms with Crippen molar-refractivity contribution in [3.8, 4) is 5.75 Å². The summed E-state index contributed by atoms with van der Waals surface area (Å²) in [5.41, 5.74) is 1.33. The van der Waals surface area contributed by atoms with Gasteiger partial charge >= 0.3 is 5.97 Å². The summed E-state index contributed by atoms with van der Waals surface area (Å²) in [4.78, 5) is 18.9. The van der Waals surface area contributed by atoms with Crippen LogP contribution in [-0.4, -0.2) is 53.5 Å². The molecule has 1 aliphatic heterocycles. The van der Waals surface area contributed by atoms with E-state index < -0.39 is 12.1 Å². The van der Waals surface area contributed by atoms with Gasteiger partial charge in [0.25, 0.3) is 0 Å². The molecule has 2 aromatic carbocycles. The predicted molar refractivity (Wildman–Crippen MR) is 143 cm³/mol. The number of carboxylic acids is 1. The van der Waals surface area contributed by atoms with E-state index in [1.165, 1.54) is 17.8 Å². The monoisotopic (exact) mass is 528 g/mol. The number of piperidine rings is 1. The minimum absolute atomic E-state index is 0.00745. The molecule has 1 aromatic heterocycles. The molecule has 1 unspecified atom stereocenters. The molecule has 0 spiro atoms. The quantitative estimate of drug-likeness (QED) is 0.207. The van der Waals surface area contributed by atoms with Crippen molar-refractivity contribution in [3.63, 3.8) is 0 Å². The minimum atomic E-state index is -1.16. The minimum Gasteiger partial charge on any atom is -0.497 e. The van der Waals surface area contributed by atoms with E-state index in [0.717, 1.165) is 42.6 Å². The van der Waals surface area contributed by atoms with Crippen LogP contribution in [0.15, 0.2) is 59.6 Å². The average molecular weight is 529 g/mol. The number of rotatable bonds is 12. The second kappa shape index (κ2) is 13.2. The number of pyridine rings is 1. The Kier molecular flexibility index (Phi) is 9.75. The molecule has 3 atom stereocenters. The van der Waals surface area contributed by atoms with E-state index in [1.807, 2.05) is 24.3 Å². The predicted octanol–water partition coefficient (Wildman–Crippen LogP) is 6.77. The largest absolute Gasteiger partial charge is 0.497 e. The number of hydrogen-bond acceptors (Lipinski definition) is 5. The van der Waals surface area contributed by atoms with Gasteiger partial charge in [-0.05, 0) is 98.3 Å². The van der Waals surface area contributed by atoms with E-state index in [9.17, 15) is 14.3 Å². The SMILES string of the molecule is COc1ccc2nccc(C(F)CC[C@@H]3CCN(CCCSc4ccccc4F)C[C@@H]3CC(=O)O)c2c1. The van der Waals surface area contributed by atoms with Crippen LogP contribution in [0.25, 0.3) is 10.9 Å². The molecule has 3 aromatic rings. The van der Waals surface area contributed by atoms with Crippen LogP contribution < -0.4 is 4.74 Å². The van der Waals surface area contributed by atoms with Gasteiger partial charge < -0.3 is 14.7 Å². The van der Waals surface area contributed by atoms with Gasteiger partial charge in [0.1, 0.15) is 17.7 Å². The van der Waals surface area contributed by atoms with Crippen molar-refractivity contribution >= 4 is 28.6 Å². The highest BCUT2D eigenvalue weighted by Gasteiger charge is 2.31. The Labute approximate surface area is 221 Å². The smallest absolute Gasteiger partial charge is 0.303 e. The number of methoxy groups -OCH3 is 1. The molecule has 1 N–H and O–H groups in total. The van der Waals surface area contributed by atoms with Crippen LogP contribution in [-0.2, 0) is 4.79 Å². The fourth-order valence-corrected chi connectivity index (χ4v) is 6.16. The third-order valence-corrected chi connectivity index (χ3v) is 8.37. The lowest BCUT2D eigenvalue weighted by molar-refractivity contribution is -0.139. The van der Waals surface area contributed by atoms with Gasteiger partial charge in [0.05, 0.1) is 12.6 Å². The molecule has 0 aliphatic carbocycles. The van der Waals surface area contributed by atoms with E-state index in [1.54, 1.807) is 31.5 Å². The van der Waals surface area contributed by atoms with Gasteiger partial charge in [-0.3, -0.25) is 9.78 Å². The van der Waals surface area contributed by atoms with Crippen LogP contribution in [0.4, 0.5) is 8.78 Å². The van der Waals surface area contributed by atoms with Crippen molar-refractivity contribution in [2.45, 2.75) is 43.2 Å². The molecule has 0 radical (unpaired) electrons. The van der Waals surface area contributed by atoms with E-state index in [-0.39, 0.29) is 24.1 Å². The summed E-state index contributed by atoms with van der Waals surface area (Å²) in [5.74, 6) is 0.623. The average Bonchev–Trinajstić information content (AvgIpc) is 2.90. The molecule has 0 saturated carbocycles. The maximum absolute atomic E-state index is 15.5. The van der Waals surface area contributed by atoms with E-state index in [0.29, 0.717) is 35.6 Å². The zero-order valence-electron chi connectivity index (χ0n) is 21.1. The number of carbonyl (C=O) groups is 1. The summed E-state index contributed by atoms with van der Waals surface area (Å²) >= 11 is 1.51. The Morgan fingerprint density at radius 3 is 2.86 bits per heavy atom. The van der Waals surface area contributed by atoms with Gasteiger partial charge in [-0.2, -0.15) is 0 Å². The van der Waals surface area contributed by atoms with Crippen molar-refractivity contribution in [1.29, 1.82) is 0 Å². The number of nitrogens with zero attached hydrogens (tertiary/aromatic N) is 2.